The minimum Gasteiger partial charge on any atom is -0.462 e. The molecular weight excluding hydrogens is 797 g/mol. The van der Waals surface area contributed by atoms with Crippen LogP contribution in [0.25, 0.3) is 0 Å². The summed E-state index contributed by atoms with van der Waals surface area (Å²) in [5, 5.41) is 30.5. The lowest BCUT2D eigenvalue weighted by molar-refractivity contribution is -0.870. The Kier molecular flexibility index (Phi) is 37.7. The summed E-state index contributed by atoms with van der Waals surface area (Å²) < 4.78 is 34.1. The Morgan fingerprint density at radius 3 is 1.74 bits per heavy atom. The highest BCUT2D eigenvalue weighted by atomic mass is 31.2. The lowest BCUT2D eigenvalue weighted by Gasteiger charge is -2.24. The van der Waals surface area contributed by atoms with E-state index in [9.17, 15) is 34.4 Å². The van der Waals surface area contributed by atoms with Crippen LogP contribution in [0.3, 0.4) is 0 Å². The molecule has 0 bridgehead atoms. The lowest BCUT2D eigenvalue weighted by atomic mass is 10.1. The predicted molar refractivity (Wildman–Crippen MR) is 247 cm³/mol. The van der Waals surface area contributed by atoms with Crippen LogP contribution in [0.2, 0.25) is 0 Å². The van der Waals surface area contributed by atoms with E-state index >= 15 is 0 Å². The van der Waals surface area contributed by atoms with Gasteiger partial charge in [-0.25, -0.2) is 4.57 Å². The highest BCUT2D eigenvalue weighted by molar-refractivity contribution is 7.47. The number of nitrogens with zero attached hydrogens (tertiary/aromatic N) is 1. The van der Waals surface area contributed by atoms with Gasteiger partial charge in [0, 0.05) is 12.8 Å². The van der Waals surface area contributed by atoms with Gasteiger partial charge in [0.15, 0.2) is 6.10 Å². The van der Waals surface area contributed by atoms with E-state index in [0.717, 1.165) is 57.8 Å². The van der Waals surface area contributed by atoms with Crippen LogP contribution in [0, 0.1) is 0 Å². The van der Waals surface area contributed by atoms with Crippen molar-refractivity contribution in [1.82, 2.24) is 0 Å². The molecular formula is C48H87NO11P+. The second-order valence-corrected chi connectivity index (χ2v) is 18.5. The van der Waals surface area contributed by atoms with Crippen molar-refractivity contribution in [2.45, 2.75) is 186 Å². The molecule has 0 aliphatic carbocycles. The average Bonchev–Trinajstić information content (AvgIpc) is 3.20. The number of aliphatic hydroxyl groups is 3. The van der Waals surface area contributed by atoms with Gasteiger partial charge in [-0.15, -0.1) is 0 Å². The van der Waals surface area contributed by atoms with E-state index < -0.39 is 50.8 Å². The number of phosphoric ester groups is 1. The molecule has 5 atom stereocenters. The molecule has 0 heterocycles. The number of allylic oxidation sites excluding steroid dienone is 8. The molecule has 0 aromatic carbocycles. The summed E-state index contributed by atoms with van der Waals surface area (Å²) in [6.45, 7) is 3.91. The first-order chi connectivity index (χ1) is 29.2. The number of aliphatic hydroxyl groups excluding tert-OH is 3. The van der Waals surface area contributed by atoms with Gasteiger partial charge in [0.1, 0.15) is 19.8 Å². The number of carbonyl (C=O) groups is 2. The summed E-state index contributed by atoms with van der Waals surface area (Å²) >= 11 is 0. The van der Waals surface area contributed by atoms with Crippen molar-refractivity contribution >= 4 is 19.8 Å². The number of hydrogen-bond acceptors (Lipinski definition) is 10. The van der Waals surface area contributed by atoms with E-state index in [-0.39, 0.29) is 38.9 Å². The maximum absolute atomic E-state index is 12.7. The molecule has 4 N–H and O–H groups in total. The Balaban J connectivity index is 4.65. The van der Waals surface area contributed by atoms with Gasteiger partial charge in [0.05, 0.1) is 46.1 Å². The number of ether oxygens (including phenoxy) is 2. The maximum atomic E-state index is 12.7. The summed E-state index contributed by atoms with van der Waals surface area (Å²) in [7, 11) is 1.28. The number of phosphoric acid groups is 1. The van der Waals surface area contributed by atoms with E-state index in [1.165, 1.54) is 63.9 Å². The summed E-state index contributed by atoms with van der Waals surface area (Å²) in [5.41, 5.74) is 0. The normalized spacial score (nSPS) is 15.6. The van der Waals surface area contributed by atoms with Crippen molar-refractivity contribution in [3.8, 4) is 0 Å². The summed E-state index contributed by atoms with van der Waals surface area (Å²) in [5.74, 6) is -1.14. The van der Waals surface area contributed by atoms with Gasteiger partial charge in [0.25, 0.3) is 0 Å². The Hall–Kier alpha value is -2.41. The Labute approximate surface area is 370 Å². The fourth-order valence-corrected chi connectivity index (χ4v) is 6.78. The van der Waals surface area contributed by atoms with Crippen molar-refractivity contribution in [1.29, 1.82) is 0 Å². The first-order valence-corrected chi connectivity index (χ1v) is 24.8. The minimum absolute atomic E-state index is 0.0267. The van der Waals surface area contributed by atoms with Gasteiger partial charge < -0.3 is 34.2 Å². The van der Waals surface area contributed by atoms with Crippen LogP contribution < -0.4 is 0 Å². The Morgan fingerprint density at radius 1 is 0.607 bits per heavy atom. The molecule has 0 amide bonds. The van der Waals surface area contributed by atoms with E-state index in [1.807, 2.05) is 21.1 Å². The van der Waals surface area contributed by atoms with Gasteiger partial charge in [-0.1, -0.05) is 158 Å². The number of likely N-dealkylation sites (N-methyl/N-ethyl adjacent to an activating group) is 1. The van der Waals surface area contributed by atoms with E-state index in [0.29, 0.717) is 17.4 Å². The third-order valence-corrected chi connectivity index (χ3v) is 10.9. The molecule has 0 fully saturated rings. The maximum Gasteiger partial charge on any atom is 0.472 e. The highest BCUT2D eigenvalue weighted by Crippen LogP contribution is 2.43. The Bertz CT molecular complexity index is 1280. The summed E-state index contributed by atoms with van der Waals surface area (Å²) in [4.78, 5) is 35.5. The smallest absolute Gasteiger partial charge is 0.462 e. The zero-order valence-corrected chi connectivity index (χ0v) is 39.6. The monoisotopic (exact) mass is 885 g/mol. The second kappa shape index (κ2) is 39.2. The van der Waals surface area contributed by atoms with Gasteiger partial charge in [-0.3, -0.25) is 18.6 Å². The second-order valence-electron chi connectivity index (χ2n) is 17.0. The number of hydrogen-bond donors (Lipinski definition) is 4. The quantitative estimate of drug-likeness (QED) is 0.0115. The molecule has 0 aliphatic rings. The molecule has 0 aliphatic heterocycles. The molecule has 61 heavy (non-hydrogen) atoms. The van der Waals surface area contributed by atoms with E-state index in [2.05, 4.69) is 26.0 Å². The fourth-order valence-electron chi connectivity index (χ4n) is 6.04. The van der Waals surface area contributed by atoms with Crippen LogP contribution in [0.1, 0.15) is 162 Å². The molecule has 0 saturated heterocycles. The third-order valence-electron chi connectivity index (χ3n) is 9.89. The molecule has 354 valence electrons. The van der Waals surface area contributed by atoms with Gasteiger partial charge in [0.2, 0.25) is 0 Å². The van der Waals surface area contributed by atoms with Crippen molar-refractivity contribution in [2.24, 2.45) is 0 Å². The van der Waals surface area contributed by atoms with Gasteiger partial charge >= 0.3 is 19.8 Å². The SMILES string of the molecule is CCCCCCCC/C=C\CCCCCCCCCC(=O)O[C@H](COC(=O)CCC[C@@H](O)[C@H](O)/C=C/C=C/C=C\C=C\[C@H](O)CCCCC)COP(=O)(O)OCC[N+](C)(C)C. The number of carbonyl (C=O) groups excluding carboxylic acids is 2. The Morgan fingerprint density at radius 2 is 1.13 bits per heavy atom. The van der Waals surface area contributed by atoms with Gasteiger partial charge in [-0.2, -0.15) is 0 Å². The van der Waals surface area contributed by atoms with Crippen molar-refractivity contribution in [2.75, 3.05) is 47.5 Å². The van der Waals surface area contributed by atoms with Crippen molar-refractivity contribution in [3.05, 3.63) is 60.8 Å². The van der Waals surface area contributed by atoms with Crippen LogP contribution in [-0.4, -0.2) is 109 Å². The largest absolute Gasteiger partial charge is 0.472 e. The standard InChI is InChI=1S/C48H86NO11P/c1-6-8-10-11-12-13-14-15-16-17-18-19-20-21-22-27-31-37-48(54)60-44(42-59-61(55,56)58-40-39-49(3,4)5)41-57-47(53)38-32-36-46(52)45(51)35-30-26-24-23-25-29-34-43(50)33-28-9-7-2/h15-16,23-26,29-30,34-35,43-46,50-52H,6-14,17-22,27-28,31-33,36-42H2,1-5H3/p+1/b16-15-,25-23-,26-24+,34-29+,35-30+/t43-,44-,45-,46-/m1/s1. The molecule has 0 spiro atoms. The van der Waals surface area contributed by atoms with Crippen molar-refractivity contribution < 1.29 is 57.4 Å². The van der Waals surface area contributed by atoms with E-state index in [4.69, 9.17) is 18.5 Å². The minimum atomic E-state index is -4.46. The zero-order chi connectivity index (χ0) is 45.5. The summed E-state index contributed by atoms with van der Waals surface area (Å²) in [6.07, 6.45) is 36.3. The fraction of sp³-hybridized carbons (Fsp3) is 0.750. The number of esters is 2. The molecule has 0 aromatic heterocycles. The lowest BCUT2D eigenvalue weighted by Crippen LogP contribution is -2.37. The van der Waals surface area contributed by atoms with Gasteiger partial charge in [-0.05, 0) is 51.4 Å². The number of quaternary nitrogens is 1. The average molecular weight is 885 g/mol. The molecule has 0 rings (SSSR count). The van der Waals surface area contributed by atoms with Crippen molar-refractivity contribution in [3.63, 3.8) is 0 Å². The molecule has 13 heteroatoms. The number of rotatable bonds is 41. The first-order valence-electron chi connectivity index (χ1n) is 23.3. The molecule has 0 aromatic rings. The zero-order valence-electron chi connectivity index (χ0n) is 38.7. The molecule has 1 unspecified atom stereocenters. The molecule has 12 nitrogen and oxygen atoms in total. The number of unbranched alkanes of at least 4 members (excludes halogenated alkanes) is 15. The predicted octanol–water partition coefficient (Wildman–Crippen LogP) is 10.2. The van der Waals surface area contributed by atoms with E-state index in [1.54, 1.807) is 42.5 Å². The summed E-state index contributed by atoms with van der Waals surface area (Å²) in [6, 6.07) is 0. The van der Waals surface area contributed by atoms with Crippen LogP contribution in [0.5, 0.6) is 0 Å². The van der Waals surface area contributed by atoms with Crippen LogP contribution in [0.4, 0.5) is 0 Å². The molecule has 0 saturated carbocycles. The van der Waals surface area contributed by atoms with Crippen LogP contribution >= 0.6 is 7.82 Å². The van der Waals surface area contributed by atoms with Crippen LogP contribution in [0.15, 0.2) is 60.8 Å². The van der Waals surface area contributed by atoms with Crippen LogP contribution in [-0.2, 0) is 32.7 Å². The third kappa shape index (κ3) is 41.4. The molecule has 0 radical (unpaired) electrons. The highest BCUT2D eigenvalue weighted by Gasteiger charge is 2.27. The first kappa shape index (κ1) is 58.6. The topological polar surface area (TPSA) is 169 Å².